The van der Waals surface area contributed by atoms with Crippen LogP contribution in [-0.2, 0) is 16.1 Å². The smallest absolute Gasteiger partial charge is 0.330 e. The maximum atomic E-state index is 12.2. The number of carboxylic acid groups (broad SMARTS) is 1. The van der Waals surface area contributed by atoms with Gasteiger partial charge >= 0.3 is 5.97 Å². The molecule has 0 unspecified atom stereocenters. The molecule has 0 fully saturated rings. The number of carbonyl (C=O) groups excluding carboxylic acids is 1. The van der Waals surface area contributed by atoms with Gasteiger partial charge in [0.2, 0.25) is 5.91 Å². The van der Waals surface area contributed by atoms with Crippen molar-refractivity contribution in [3.63, 3.8) is 0 Å². The number of hydrogen-bond acceptors (Lipinski definition) is 3. The predicted molar refractivity (Wildman–Crippen MR) is 84.7 cm³/mol. The van der Waals surface area contributed by atoms with Crippen LogP contribution in [0.3, 0.4) is 0 Å². The van der Waals surface area contributed by atoms with Crippen molar-refractivity contribution < 1.29 is 14.7 Å². The highest BCUT2D eigenvalue weighted by Crippen LogP contribution is 2.14. The second-order valence-electron chi connectivity index (χ2n) is 5.11. The van der Waals surface area contributed by atoms with Gasteiger partial charge in [-0.3, -0.25) is 9.48 Å². The maximum Gasteiger partial charge on any atom is 0.330 e. The molecule has 1 heterocycles. The van der Waals surface area contributed by atoms with Crippen LogP contribution < -0.4 is 5.32 Å². The minimum atomic E-state index is -1.10. The topological polar surface area (TPSA) is 84.2 Å². The average molecular weight is 309 g/mol. The molecule has 3 aromatic rings. The summed E-state index contributed by atoms with van der Waals surface area (Å²) < 4.78 is 1.55. The third kappa shape index (κ3) is 3.21. The first-order chi connectivity index (χ1) is 11.1. The lowest BCUT2D eigenvalue weighted by atomic mass is 10.1. The van der Waals surface area contributed by atoms with Crippen LogP contribution in [0.5, 0.6) is 0 Å². The normalized spacial score (nSPS) is 12.0. The van der Waals surface area contributed by atoms with Crippen molar-refractivity contribution in [2.75, 3.05) is 0 Å². The zero-order valence-corrected chi connectivity index (χ0v) is 12.2. The van der Waals surface area contributed by atoms with E-state index in [0.29, 0.717) is 5.56 Å². The van der Waals surface area contributed by atoms with Gasteiger partial charge in [0, 0.05) is 5.39 Å². The molecule has 0 radical (unpaired) electrons. The number of carbonyl (C=O) groups is 2. The summed E-state index contributed by atoms with van der Waals surface area (Å²) in [6.07, 6.45) is 1.68. The fourth-order valence-corrected chi connectivity index (χ4v) is 2.43. The molecule has 6 heteroatoms. The number of aromatic nitrogens is 2. The van der Waals surface area contributed by atoms with E-state index in [1.165, 1.54) is 0 Å². The predicted octanol–water partition coefficient (Wildman–Crippen LogP) is 1.98. The van der Waals surface area contributed by atoms with Gasteiger partial charge in [-0.05, 0) is 11.6 Å². The Labute approximate surface area is 132 Å². The molecular formula is C17H15N3O3. The van der Waals surface area contributed by atoms with E-state index in [1.54, 1.807) is 41.2 Å². The van der Waals surface area contributed by atoms with Crippen LogP contribution in [-0.4, -0.2) is 26.8 Å². The molecule has 1 amide bonds. The number of amides is 1. The highest BCUT2D eigenvalue weighted by atomic mass is 16.4. The summed E-state index contributed by atoms with van der Waals surface area (Å²) >= 11 is 0. The summed E-state index contributed by atoms with van der Waals surface area (Å²) in [6, 6.07) is 15.0. The molecule has 3 rings (SSSR count). The van der Waals surface area contributed by atoms with E-state index < -0.39 is 17.9 Å². The second-order valence-corrected chi connectivity index (χ2v) is 5.11. The van der Waals surface area contributed by atoms with Gasteiger partial charge in [0.1, 0.15) is 6.54 Å². The number of aliphatic carboxylic acids is 1. The monoisotopic (exact) mass is 309 g/mol. The van der Waals surface area contributed by atoms with Crippen LogP contribution in [0.1, 0.15) is 11.6 Å². The van der Waals surface area contributed by atoms with Crippen LogP contribution in [0, 0.1) is 0 Å². The van der Waals surface area contributed by atoms with Crippen LogP contribution in [0.2, 0.25) is 0 Å². The lowest BCUT2D eigenvalue weighted by Crippen LogP contribution is -2.36. The number of rotatable bonds is 5. The lowest BCUT2D eigenvalue weighted by molar-refractivity contribution is -0.142. The summed E-state index contributed by atoms with van der Waals surface area (Å²) in [4.78, 5) is 23.6. The van der Waals surface area contributed by atoms with Crippen molar-refractivity contribution in [2.24, 2.45) is 0 Å². The first-order valence-corrected chi connectivity index (χ1v) is 7.13. The molecule has 0 aliphatic carbocycles. The molecule has 116 valence electrons. The van der Waals surface area contributed by atoms with Crippen LogP contribution in [0.15, 0.2) is 60.8 Å². The van der Waals surface area contributed by atoms with Crippen LogP contribution in [0.25, 0.3) is 10.9 Å². The van der Waals surface area contributed by atoms with Crippen molar-refractivity contribution in [2.45, 2.75) is 12.6 Å². The Balaban J connectivity index is 1.76. The average Bonchev–Trinajstić information content (AvgIpc) is 2.96. The van der Waals surface area contributed by atoms with Crippen LogP contribution in [0.4, 0.5) is 0 Å². The number of para-hydroxylation sites is 1. The van der Waals surface area contributed by atoms with E-state index in [2.05, 4.69) is 10.4 Å². The highest BCUT2D eigenvalue weighted by Gasteiger charge is 2.22. The Hall–Kier alpha value is -3.15. The van der Waals surface area contributed by atoms with E-state index in [1.807, 2.05) is 24.3 Å². The van der Waals surface area contributed by atoms with E-state index in [-0.39, 0.29) is 6.54 Å². The standard InChI is InChI=1S/C17H15N3O3/c21-15(11-20-14-9-5-4-8-13(14)10-18-20)19-16(17(22)23)12-6-2-1-3-7-12/h1-10,16H,11H2,(H,19,21)(H,22,23)/t16-/m1/s1. The molecule has 23 heavy (non-hydrogen) atoms. The fourth-order valence-electron chi connectivity index (χ4n) is 2.43. The van der Waals surface area contributed by atoms with Gasteiger partial charge < -0.3 is 10.4 Å². The largest absolute Gasteiger partial charge is 0.479 e. The molecule has 0 aliphatic rings. The highest BCUT2D eigenvalue weighted by molar-refractivity contribution is 5.86. The van der Waals surface area contributed by atoms with Gasteiger partial charge in [0.25, 0.3) is 0 Å². The van der Waals surface area contributed by atoms with Gasteiger partial charge in [-0.1, -0.05) is 48.5 Å². The summed E-state index contributed by atoms with van der Waals surface area (Å²) in [7, 11) is 0. The number of fused-ring (bicyclic) bond motifs is 1. The van der Waals surface area contributed by atoms with Crippen molar-refractivity contribution in [3.05, 3.63) is 66.4 Å². The van der Waals surface area contributed by atoms with Crippen LogP contribution >= 0.6 is 0 Å². The quantitative estimate of drug-likeness (QED) is 0.755. The minimum absolute atomic E-state index is 0.0376. The number of nitrogens with one attached hydrogen (secondary N) is 1. The van der Waals surface area contributed by atoms with Gasteiger partial charge in [0.05, 0.1) is 11.7 Å². The fraction of sp³-hybridized carbons (Fsp3) is 0.118. The molecule has 1 aromatic heterocycles. The summed E-state index contributed by atoms with van der Waals surface area (Å²) in [5, 5.41) is 17.0. The Kier molecular flexibility index (Phi) is 4.05. The Bertz CT molecular complexity index is 842. The van der Waals surface area contributed by atoms with E-state index in [9.17, 15) is 14.7 Å². The number of nitrogens with zero attached hydrogens (tertiary/aromatic N) is 2. The van der Waals surface area contributed by atoms with E-state index in [4.69, 9.17) is 0 Å². The third-order valence-electron chi connectivity index (χ3n) is 3.53. The molecule has 0 saturated carbocycles. The van der Waals surface area contributed by atoms with Crippen molar-refractivity contribution in [1.29, 1.82) is 0 Å². The number of benzene rings is 2. The van der Waals surface area contributed by atoms with Crippen molar-refractivity contribution >= 4 is 22.8 Å². The van der Waals surface area contributed by atoms with Gasteiger partial charge in [0.15, 0.2) is 6.04 Å². The lowest BCUT2D eigenvalue weighted by Gasteiger charge is -2.15. The maximum absolute atomic E-state index is 12.2. The first kappa shape index (κ1) is 14.8. The van der Waals surface area contributed by atoms with E-state index in [0.717, 1.165) is 10.9 Å². The molecular weight excluding hydrogens is 294 g/mol. The molecule has 2 N–H and O–H groups in total. The van der Waals surface area contributed by atoms with E-state index >= 15 is 0 Å². The summed E-state index contributed by atoms with van der Waals surface area (Å²) in [5.74, 6) is -1.51. The molecule has 0 saturated heterocycles. The minimum Gasteiger partial charge on any atom is -0.479 e. The molecule has 0 aliphatic heterocycles. The second kappa shape index (κ2) is 6.31. The zero-order chi connectivity index (χ0) is 16.2. The number of carboxylic acids is 1. The zero-order valence-electron chi connectivity index (χ0n) is 12.2. The Morgan fingerprint density at radius 1 is 1.09 bits per heavy atom. The number of hydrogen-bond donors (Lipinski definition) is 2. The van der Waals surface area contributed by atoms with Crippen molar-refractivity contribution in [1.82, 2.24) is 15.1 Å². The summed E-state index contributed by atoms with van der Waals surface area (Å²) in [6.45, 7) is -0.0376. The molecule has 1 atom stereocenters. The van der Waals surface area contributed by atoms with Gasteiger partial charge in [-0.2, -0.15) is 5.10 Å². The Morgan fingerprint density at radius 2 is 1.78 bits per heavy atom. The third-order valence-corrected chi connectivity index (χ3v) is 3.53. The molecule has 0 bridgehead atoms. The SMILES string of the molecule is O=C(Cn1ncc2ccccc21)N[C@@H](C(=O)O)c1ccccc1. The molecule has 2 aromatic carbocycles. The Morgan fingerprint density at radius 3 is 2.52 bits per heavy atom. The molecule has 6 nitrogen and oxygen atoms in total. The first-order valence-electron chi connectivity index (χ1n) is 7.13. The van der Waals surface area contributed by atoms with Gasteiger partial charge in [-0.15, -0.1) is 0 Å². The van der Waals surface area contributed by atoms with Gasteiger partial charge in [-0.25, -0.2) is 4.79 Å². The molecule has 0 spiro atoms. The summed E-state index contributed by atoms with van der Waals surface area (Å²) in [5.41, 5.74) is 1.35. The van der Waals surface area contributed by atoms with Crippen molar-refractivity contribution in [3.8, 4) is 0 Å².